The van der Waals surface area contributed by atoms with Gasteiger partial charge in [-0.15, -0.1) is 0 Å². The van der Waals surface area contributed by atoms with E-state index in [4.69, 9.17) is 17.3 Å². The van der Waals surface area contributed by atoms with Gasteiger partial charge in [0.1, 0.15) is 6.04 Å². The van der Waals surface area contributed by atoms with Gasteiger partial charge in [-0.2, -0.15) is 0 Å². The molecule has 1 aliphatic rings. The third kappa shape index (κ3) is 1.68. The summed E-state index contributed by atoms with van der Waals surface area (Å²) >= 11 is 5.86. The summed E-state index contributed by atoms with van der Waals surface area (Å²) in [5, 5.41) is 3.82. The zero-order valence-corrected chi connectivity index (χ0v) is 8.34. The molecule has 14 heavy (non-hydrogen) atoms. The maximum atomic E-state index is 11.0. The summed E-state index contributed by atoms with van der Waals surface area (Å²) in [5.74, 6) is -0.300. The molecule has 1 atom stereocenters. The number of nitrogens with one attached hydrogen (secondary N) is 1. The summed E-state index contributed by atoms with van der Waals surface area (Å²) in [6.07, 6.45) is 1.58. The number of carbonyl (C=O) groups excluding carboxylic acids is 1. The van der Waals surface area contributed by atoms with Gasteiger partial charge in [0.15, 0.2) is 0 Å². The zero-order chi connectivity index (χ0) is 10.1. The Morgan fingerprint density at radius 1 is 1.57 bits per heavy atom. The Morgan fingerprint density at radius 2 is 2.36 bits per heavy atom. The zero-order valence-electron chi connectivity index (χ0n) is 7.59. The van der Waals surface area contributed by atoms with Gasteiger partial charge in [-0.1, -0.05) is 11.6 Å². The van der Waals surface area contributed by atoms with Crippen molar-refractivity contribution in [3.05, 3.63) is 28.8 Å². The molecule has 0 aromatic heterocycles. The first kappa shape index (κ1) is 9.34. The fraction of sp³-hybridized carbons (Fsp3) is 0.300. The second kappa shape index (κ2) is 3.50. The average Bonchev–Trinajstić information content (AvgIpc) is 2.16. The number of halogens is 1. The van der Waals surface area contributed by atoms with Crippen LogP contribution in [-0.2, 0) is 11.2 Å². The molecule has 1 aromatic carbocycles. The number of aryl methyl sites for hydroxylation is 1. The second-order valence-corrected chi connectivity index (χ2v) is 3.88. The quantitative estimate of drug-likeness (QED) is 0.739. The number of primary amides is 1. The van der Waals surface area contributed by atoms with E-state index in [0.717, 1.165) is 29.1 Å². The highest BCUT2D eigenvalue weighted by molar-refractivity contribution is 6.30. The Morgan fingerprint density at radius 3 is 3.07 bits per heavy atom. The number of rotatable bonds is 1. The molecule has 1 heterocycles. The van der Waals surface area contributed by atoms with Crippen LogP contribution in [0.4, 0.5) is 5.69 Å². The molecule has 0 fully saturated rings. The van der Waals surface area contributed by atoms with Crippen molar-refractivity contribution in [1.82, 2.24) is 0 Å². The van der Waals surface area contributed by atoms with Gasteiger partial charge in [0.05, 0.1) is 0 Å². The van der Waals surface area contributed by atoms with Crippen molar-refractivity contribution in [2.75, 3.05) is 5.32 Å². The van der Waals surface area contributed by atoms with E-state index < -0.39 is 0 Å². The molecule has 3 nitrogen and oxygen atoms in total. The van der Waals surface area contributed by atoms with E-state index >= 15 is 0 Å². The lowest BCUT2D eigenvalue weighted by Gasteiger charge is -2.24. The SMILES string of the molecule is NC(=O)C1CCc2cc(Cl)ccc2N1. The molecule has 1 amide bonds. The van der Waals surface area contributed by atoms with Crippen LogP contribution in [0.15, 0.2) is 18.2 Å². The molecule has 4 heteroatoms. The van der Waals surface area contributed by atoms with E-state index in [0.29, 0.717) is 0 Å². The average molecular weight is 211 g/mol. The maximum absolute atomic E-state index is 11.0. The number of amides is 1. The van der Waals surface area contributed by atoms with Crippen molar-refractivity contribution in [2.24, 2.45) is 5.73 Å². The fourth-order valence-corrected chi connectivity index (χ4v) is 1.88. The first-order valence-electron chi connectivity index (χ1n) is 4.51. The molecular weight excluding hydrogens is 200 g/mol. The summed E-state index contributed by atoms with van der Waals surface area (Å²) < 4.78 is 0. The van der Waals surface area contributed by atoms with Gasteiger partial charge >= 0.3 is 0 Å². The normalized spacial score (nSPS) is 19.6. The largest absolute Gasteiger partial charge is 0.373 e. The molecule has 0 spiro atoms. The number of hydrogen-bond acceptors (Lipinski definition) is 2. The van der Waals surface area contributed by atoms with Crippen molar-refractivity contribution in [1.29, 1.82) is 0 Å². The van der Waals surface area contributed by atoms with Gasteiger partial charge in [0.2, 0.25) is 5.91 Å². The standard InChI is InChI=1S/C10H11ClN2O/c11-7-2-4-8-6(5-7)1-3-9(13-8)10(12)14/h2,4-5,9,13H,1,3H2,(H2,12,14). The fourth-order valence-electron chi connectivity index (χ4n) is 1.68. The van der Waals surface area contributed by atoms with E-state index in [2.05, 4.69) is 5.32 Å². The number of benzene rings is 1. The predicted molar refractivity (Wildman–Crippen MR) is 56.4 cm³/mol. The maximum Gasteiger partial charge on any atom is 0.239 e. The minimum absolute atomic E-state index is 0.247. The van der Waals surface area contributed by atoms with Gasteiger partial charge < -0.3 is 11.1 Å². The van der Waals surface area contributed by atoms with Crippen molar-refractivity contribution >= 4 is 23.2 Å². The van der Waals surface area contributed by atoms with E-state index in [-0.39, 0.29) is 11.9 Å². The number of anilines is 1. The van der Waals surface area contributed by atoms with Gasteiger partial charge in [-0.3, -0.25) is 4.79 Å². The summed E-state index contributed by atoms with van der Waals surface area (Å²) in [6.45, 7) is 0. The van der Waals surface area contributed by atoms with Crippen molar-refractivity contribution in [3.63, 3.8) is 0 Å². The van der Waals surface area contributed by atoms with E-state index in [1.165, 1.54) is 0 Å². The van der Waals surface area contributed by atoms with Crippen LogP contribution < -0.4 is 11.1 Å². The third-order valence-corrected chi connectivity index (χ3v) is 2.68. The van der Waals surface area contributed by atoms with E-state index in [9.17, 15) is 4.79 Å². The molecule has 0 saturated carbocycles. The van der Waals surface area contributed by atoms with Crippen LogP contribution in [0.2, 0.25) is 5.02 Å². The molecule has 3 N–H and O–H groups in total. The van der Waals surface area contributed by atoms with Crippen LogP contribution in [0.25, 0.3) is 0 Å². The van der Waals surface area contributed by atoms with Gasteiger partial charge in [0.25, 0.3) is 0 Å². The molecule has 0 aliphatic carbocycles. The summed E-state index contributed by atoms with van der Waals surface area (Å²) in [5.41, 5.74) is 7.34. The molecular formula is C10H11ClN2O. The molecule has 0 saturated heterocycles. The van der Waals surface area contributed by atoms with Crippen molar-refractivity contribution in [3.8, 4) is 0 Å². The highest BCUT2D eigenvalue weighted by Gasteiger charge is 2.21. The topological polar surface area (TPSA) is 55.1 Å². The highest BCUT2D eigenvalue weighted by Crippen LogP contribution is 2.27. The molecule has 2 rings (SSSR count). The van der Waals surface area contributed by atoms with E-state index in [1.807, 2.05) is 12.1 Å². The van der Waals surface area contributed by atoms with Crippen LogP contribution >= 0.6 is 11.6 Å². The van der Waals surface area contributed by atoms with Crippen LogP contribution in [0.3, 0.4) is 0 Å². The van der Waals surface area contributed by atoms with Crippen molar-refractivity contribution < 1.29 is 4.79 Å². The molecule has 1 unspecified atom stereocenters. The lowest BCUT2D eigenvalue weighted by Crippen LogP contribution is -2.38. The lowest BCUT2D eigenvalue weighted by molar-refractivity contribution is -0.118. The predicted octanol–water partition coefficient (Wildman–Crippen LogP) is 1.55. The first-order valence-corrected chi connectivity index (χ1v) is 4.89. The Hall–Kier alpha value is -1.22. The van der Waals surface area contributed by atoms with Crippen LogP contribution in [0.5, 0.6) is 0 Å². The van der Waals surface area contributed by atoms with Crippen LogP contribution in [0.1, 0.15) is 12.0 Å². The van der Waals surface area contributed by atoms with E-state index in [1.54, 1.807) is 6.07 Å². The minimum Gasteiger partial charge on any atom is -0.373 e. The van der Waals surface area contributed by atoms with Crippen LogP contribution in [-0.4, -0.2) is 11.9 Å². The first-order chi connectivity index (χ1) is 6.66. The number of fused-ring (bicyclic) bond motifs is 1. The molecule has 0 bridgehead atoms. The third-order valence-electron chi connectivity index (χ3n) is 2.44. The number of hydrogen-bond donors (Lipinski definition) is 2. The monoisotopic (exact) mass is 210 g/mol. The summed E-state index contributed by atoms with van der Waals surface area (Å²) in [7, 11) is 0. The minimum atomic E-state index is -0.300. The number of carbonyl (C=O) groups is 1. The van der Waals surface area contributed by atoms with Gasteiger partial charge in [0, 0.05) is 10.7 Å². The Balaban J connectivity index is 2.27. The Bertz CT molecular complexity index is 378. The number of nitrogens with two attached hydrogens (primary N) is 1. The second-order valence-electron chi connectivity index (χ2n) is 3.44. The molecule has 0 radical (unpaired) electrons. The van der Waals surface area contributed by atoms with Crippen molar-refractivity contribution in [2.45, 2.75) is 18.9 Å². The van der Waals surface area contributed by atoms with Gasteiger partial charge in [-0.05, 0) is 36.6 Å². The Kier molecular flexibility index (Phi) is 2.33. The van der Waals surface area contributed by atoms with Crippen LogP contribution in [0, 0.1) is 0 Å². The molecule has 74 valence electrons. The highest BCUT2D eigenvalue weighted by atomic mass is 35.5. The molecule has 1 aromatic rings. The lowest BCUT2D eigenvalue weighted by atomic mass is 9.98. The smallest absolute Gasteiger partial charge is 0.239 e. The summed E-state index contributed by atoms with van der Waals surface area (Å²) in [6, 6.07) is 5.36. The Labute approximate surface area is 87.2 Å². The van der Waals surface area contributed by atoms with Gasteiger partial charge in [-0.25, -0.2) is 0 Å². The molecule has 1 aliphatic heterocycles. The summed E-state index contributed by atoms with van der Waals surface area (Å²) in [4.78, 5) is 11.0.